The summed E-state index contributed by atoms with van der Waals surface area (Å²) in [5.41, 5.74) is 14.0. The SMILES string of the molecule is CC(C)(C)c1cc(-c2nc3c(-c4cc(-c5cc(-c6ccccc6)ccn5)c5oc6ncnn6c5c4)cccc3n2-c2ccc([Si](C)(C)C)cc2-c2ccccc2)c(O)c(C(C)(C)C)c1. The van der Waals surface area contributed by atoms with E-state index in [1.54, 1.807) is 4.52 Å². The van der Waals surface area contributed by atoms with Crippen molar-refractivity contribution in [2.75, 3.05) is 0 Å². The second kappa shape index (κ2) is 15.0. The Morgan fingerprint density at radius 1 is 0.594 bits per heavy atom. The third kappa shape index (κ3) is 7.10. The first-order chi connectivity index (χ1) is 30.5. The molecule has 0 fully saturated rings. The van der Waals surface area contributed by atoms with E-state index in [-0.39, 0.29) is 16.6 Å². The van der Waals surface area contributed by atoms with E-state index in [0.29, 0.717) is 22.8 Å². The van der Waals surface area contributed by atoms with Crippen molar-refractivity contribution >= 4 is 41.2 Å². The number of para-hydroxylation sites is 1. The van der Waals surface area contributed by atoms with Crippen molar-refractivity contribution in [2.45, 2.75) is 72.0 Å². The summed E-state index contributed by atoms with van der Waals surface area (Å²) in [5.74, 6) is 1.30. The molecule has 0 spiro atoms. The Kier molecular flexibility index (Phi) is 9.61. The van der Waals surface area contributed by atoms with E-state index in [1.807, 2.05) is 30.5 Å². The number of pyridine rings is 1. The zero-order valence-electron chi connectivity index (χ0n) is 37.9. The standard InChI is InChI=1S/C55H52N6O2Si/c1-54(2,3)38-30-43(50(62)44(31-38)55(4,5)6)52-59-49-40(21-16-22-47(49)60(52)46-24-23-39(64(7,8)9)32-41(46)35-19-14-11-15-20-35)37-27-42(51-48(29-37)61-53(63-51)57-33-58-61)45-28-36(25-26-56-45)34-17-12-10-13-18-34/h10-33,62H,1-9H3. The number of imidazole rings is 1. The minimum Gasteiger partial charge on any atom is -0.507 e. The maximum atomic E-state index is 12.5. The molecular weight excluding hydrogens is 805 g/mol. The molecule has 4 heterocycles. The highest BCUT2D eigenvalue weighted by atomic mass is 28.3. The quantitative estimate of drug-likeness (QED) is 0.160. The van der Waals surface area contributed by atoms with Gasteiger partial charge in [-0.25, -0.2) is 4.98 Å². The fourth-order valence-corrected chi connectivity index (χ4v) is 9.94. The predicted octanol–water partition coefficient (Wildman–Crippen LogP) is 13.4. The molecule has 0 aliphatic heterocycles. The fourth-order valence-electron chi connectivity index (χ4n) is 8.78. The van der Waals surface area contributed by atoms with Crippen LogP contribution in [0.4, 0.5) is 0 Å². The highest BCUT2D eigenvalue weighted by molar-refractivity contribution is 6.88. The molecule has 1 N–H and O–H groups in total. The molecule has 10 aromatic rings. The van der Waals surface area contributed by atoms with E-state index in [2.05, 4.69) is 185 Å². The van der Waals surface area contributed by atoms with Crippen LogP contribution in [-0.2, 0) is 10.8 Å². The number of phenolic OH excluding ortho intramolecular Hbond substituents is 1. The van der Waals surface area contributed by atoms with Crippen LogP contribution in [0.1, 0.15) is 52.7 Å². The van der Waals surface area contributed by atoms with E-state index in [1.165, 1.54) is 11.5 Å². The first kappa shape index (κ1) is 40.9. The fraction of sp³-hybridized carbons (Fsp3) is 0.200. The second-order valence-corrected chi connectivity index (χ2v) is 25.0. The van der Waals surface area contributed by atoms with Gasteiger partial charge in [-0.05, 0) is 81.1 Å². The normalized spacial score (nSPS) is 12.5. The zero-order chi connectivity index (χ0) is 44.7. The minimum absolute atomic E-state index is 0.201. The molecule has 0 bridgehead atoms. The van der Waals surface area contributed by atoms with Gasteiger partial charge in [0.05, 0.1) is 36.1 Å². The summed E-state index contributed by atoms with van der Waals surface area (Å²) >= 11 is 0. The summed E-state index contributed by atoms with van der Waals surface area (Å²) in [6.07, 6.45) is 3.36. The van der Waals surface area contributed by atoms with Gasteiger partial charge in [-0.15, -0.1) is 0 Å². The molecule has 0 amide bonds. The maximum Gasteiger partial charge on any atom is 0.325 e. The van der Waals surface area contributed by atoms with Crippen LogP contribution in [0.25, 0.3) is 89.7 Å². The number of phenols is 1. The lowest BCUT2D eigenvalue weighted by atomic mass is 9.79. The number of fused-ring (bicyclic) bond motifs is 4. The number of hydrogen-bond donors (Lipinski definition) is 1. The molecule has 318 valence electrons. The molecule has 0 atom stereocenters. The van der Waals surface area contributed by atoms with E-state index >= 15 is 0 Å². The average molecular weight is 857 g/mol. The van der Waals surface area contributed by atoms with Crippen LogP contribution in [-0.4, -0.2) is 42.3 Å². The van der Waals surface area contributed by atoms with Crippen LogP contribution < -0.4 is 5.19 Å². The summed E-state index contributed by atoms with van der Waals surface area (Å²) < 4.78 is 10.4. The predicted molar refractivity (Wildman–Crippen MR) is 264 cm³/mol. The van der Waals surface area contributed by atoms with Crippen LogP contribution in [0.15, 0.2) is 150 Å². The summed E-state index contributed by atoms with van der Waals surface area (Å²) in [7, 11) is -1.73. The monoisotopic (exact) mass is 856 g/mol. The van der Waals surface area contributed by atoms with Crippen molar-refractivity contribution in [3.63, 3.8) is 0 Å². The second-order valence-electron chi connectivity index (χ2n) is 19.9. The van der Waals surface area contributed by atoms with Crippen LogP contribution >= 0.6 is 0 Å². The zero-order valence-corrected chi connectivity index (χ0v) is 38.9. The number of oxazole rings is 1. The van der Waals surface area contributed by atoms with Crippen molar-refractivity contribution in [3.8, 4) is 67.5 Å². The Balaban J connectivity index is 1.30. The Morgan fingerprint density at radius 2 is 1.33 bits per heavy atom. The van der Waals surface area contributed by atoms with E-state index in [9.17, 15) is 5.11 Å². The van der Waals surface area contributed by atoms with Gasteiger partial charge in [0.1, 0.15) is 23.4 Å². The third-order valence-corrected chi connectivity index (χ3v) is 14.4. The van der Waals surface area contributed by atoms with Gasteiger partial charge in [0, 0.05) is 28.5 Å². The smallest absolute Gasteiger partial charge is 0.325 e. The Morgan fingerprint density at radius 3 is 2.03 bits per heavy atom. The molecule has 10 rings (SSSR count). The van der Waals surface area contributed by atoms with Gasteiger partial charge >= 0.3 is 5.84 Å². The minimum atomic E-state index is -1.73. The molecule has 0 radical (unpaired) electrons. The van der Waals surface area contributed by atoms with Crippen molar-refractivity contribution in [1.29, 1.82) is 0 Å². The van der Waals surface area contributed by atoms with Gasteiger partial charge in [-0.2, -0.15) is 14.6 Å². The van der Waals surface area contributed by atoms with Gasteiger partial charge in [0.2, 0.25) is 0 Å². The van der Waals surface area contributed by atoms with Crippen LogP contribution in [0.5, 0.6) is 5.75 Å². The number of aromatic hydroxyl groups is 1. The Bertz CT molecular complexity index is 3400. The lowest BCUT2D eigenvalue weighted by molar-refractivity contribution is 0.446. The molecule has 9 heteroatoms. The number of rotatable bonds is 7. The van der Waals surface area contributed by atoms with Crippen molar-refractivity contribution < 1.29 is 9.52 Å². The van der Waals surface area contributed by atoms with Crippen molar-refractivity contribution in [3.05, 3.63) is 157 Å². The van der Waals surface area contributed by atoms with Gasteiger partial charge < -0.3 is 9.52 Å². The lowest BCUT2D eigenvalue weighted by Gasteiger charge is -2.28. The van der Waals surface area contributed by atoms with E-state index < -0.39 is 8.07 Å². The third-order valence-electron chi connectivity index (χ3n) is 12.4. The number of hydrogen-bond acceptors (Lipinski definition) is 6. The van der Waals surface area contributed by atoms with E-state index in [4.69, 9.17) is 14.4 Å². The Labute approximate surface area is 375 Å². The lowest BCUT2D eigenvalue weighted by Crippen LogP contribution is -2.37. The van der Waals surface area contributed by atoms with Gasteiger partial charge in [0.15, 0.2) is 5.58 Å². The molecule has 0 saturated carbocycles. The molecule has 0 aliphatic carbocycles. The number of nitrogens with zero attached hydrogens (tertiary/aromatic N) is 6. The summed E-state index contributed by atoms with van der Waals surface area (Å²) in [4.78, 5) is 15.0. The van der Waals surface area contributed by atoms with E-state index in [0.717, 1.165) is 78.0 Å². The highest BCUT2D eigenvalue weighted by Gasteiger charge is 2.30. The average Bonchev–Trinajstić information content (AvgIpc) is 3.99. The molecule has 0 saturated heterocycles. The summed E-state index contributed by atoms with van der Waals surface area (Å²) in [5, 5.41) is 18.5. The molecule has 64 heavy (non-hydrogen) atoms. The van der Waals surface area contributed by atoms with Gasteiger partial charge in [-0.3, -0.25) is 9.55 Å². The topological polar surface area (TPSA) is 94.3 Å². The molecule has 0 aliphatic rings. The van der Waals surface area contributed by atoms with Gasteiger partial charge in [0.25, 0.3) is 0 Å². The number of aromatic nitrogens is 6. The molecule has 0 unspecified atom stereocenters. The van der Waals surface area contributed by atoms with Crippen molar-refractivity contribution in [1.82, 2.24) is 29.1 Å². The molecule has 8 nitrogen and oxygen atoms in total. The van der Waals surface area contributed by atoms with Crippen LogP contribution in [0.3, 0.4) is 0 Å². The largest absolute Gasteiger partial charge is 0.507 e. The summed E-state index contributed by atoms with van der Waals surface area (Å²) in [6, 6.07) is 46.9. The molecule has 4 aromatic heterocycles. The van der Waals surface area contributed by atoms with Crippen LogP contribution in [0.2, 0.25) is 19.6 Å². The van der Waals surface area contributed by atoms with Crippen LogP contribution in [0, 0.1) is 0 Å². The Hall–Kier alpha value is -7.10. The first-order valence-electron chi connectivity index (χ1n) is 21.9. The first-order valence-corrected chi connectivity index (χ1v) is 25.4. The number of benzene rings is 6. The maximum absolute atomic E-state index is 12.5. The molecule has 6 aromatic carbocycles. The van der Waals surface area contributed by atoms with Crippen molar-refractivity contribution in [2.24, 2.45) is 0 Å². The molecular formula is C55H52N6O2Si. The summed E-state index contributed by atoms with van der Waals surface area (Å²) in [6.45, 7) is 20.3. The van der Waals surface area contributed by atoms with Gasteiger partial charge in [-0.1, -0.05) is 157 Å². The highest BCUT2D eigenvalue weighted by Crippen LogP contribution is 2.46.